The Bertz CT molecular complexity index is 985. The molecule has 0 unspecified atom stereocenters. The predicted molar refractivity (Wildman–Crippen MR) is 120 cm³/mol. The Morgan fingerprint density at radius 1 is 0.968 bits per heavy atom. The topological polar surface area (TPSA) is 97.0 Å². The van der Waals surface area contributed by atoms with E-state index >= 15 is 0 Å². The van der Waals surface area contributed by atoms with E-state index in [9.17, 15) is 13.2 Å². The van der Waals surface area contributed by atoms with Gasteiger partial charge in [0.2, 0.25) is 15.9 Å². The monoisotopic (exact) mass is 447 g/mol. The van der Waals surface area contributed by atoms with Crippen molar-refractivity contribution in [2.45, 2.75) is 30.6 Å². The fourth-order valence-electron chi connectivity index (χ4n) is 3.45. The molecule has 31 heavy (non-hydrogen) atoms. The largest absolute Gasteiger partial charge is 0.497 e. The summed E-state index contributed by atoms with van der Waals surface area (Å²) < 4.78 is 37.7. The first-order valence-corrected chi connectivity index (χ1v) is 11.7. The molecule has 0 saturated carbocycles. The Hall–Kier alpha value is -2.78. The van der Waals surface area contributed by atoms with Crippen molar-refractivity contribution in [2.75, 3.05) is 44.5 Å². The standard InChI is InChI=1S/C22H29N3O5S/c1-29-18-9-12-20(21(15-18)30-2)24-22(26)16-23-17-7-10-19(11-8-17)31(27,28)25-13-5-3-4-6-14-25/h7-12,15,23H,3-6,13-14,16H2,1-2H3,(H,24,26). The summed E-state index contributed by atoms with van der Waals surface area (Å²) in [6, 6.07) is 11.6. The van der Waals surface area contributed by atoms with Crippen molar-refractivity contribution in [1.82, 2.24) is 4.31 Å². The minimum Gasteiger partial charge on any atom is -0.497 e. The minimum absolute atomic E-state index is 0.0212. The molecule has 2 N–H and O–H groups in total. The summed E-state index contributed by atoms with van der Waals surface area (Å²) >= 11 is 0. The van der Waals surface area contributed by atoms with Crippen LogP contribution in [0.5, 0.6) is 11.5 Å². The Labute approximate surface area is 183 Å². The van der Waals surface area contributed by atoms with Gasteiger partial charge in [-0.15, -0.1) is 0 Å². The Morgan fingerprint density at radius 3 is 2.26 bits per heavy atom. The molecule has 0 aliphatic carbocycles. The molecule has 1 amide bonds. The number of amides is 1. The maximum absolute atomic E-state index is 12.8. The predicted octanol–water partition coefficient (Wildman–Crippen LogP) is 3.32. The van der Waals surface area contributed by atoms with Gasteiger partial charge in [0.25, 0.3) is 0 Å². The molecule has 0 bridgehead atoms. The van der Waals surface area contributed by atoms with Gasteiger partial charge in [-0.05, 0) is 49.2 Å². The van der Waals surface area contributed by atoms with Gasteiger partial charge in [0.05, 0.1) is 31.3 Å². The van der Waals surface area contributed by atoms with Gasteiger partial charge in [-0.1, -0.05) is 12.8 Å². The molecule has 1 fully saturated rings. The average molecular weight is 448 g/mol. The van der Waals surface area contributed by atoms with E-state index < -0.39 is 10.0 Å². The second-order valence-electron chi connectivity index (χ2n) is 7.31. The highest BCUT2D eigenvalue weighted by atomic mass is 32.2. The number of rotatable bonds is 8. The van der Waals surface area contributed by atoms with Crippen molar-refractivity contribution in [1.29, 1.82) is 0 Å². The highest BCUT2D eigenvalue weighted by molar-refractivity contribution is 7.89. The summed E-state index contributed by atoms with van der Waals surface area (Å²) in [4.78, 5) is 12.6. The molecule has 168 valence electrons. The van der Waals surface area contributed by atoms with E-state index in [2.05, 4.69) is 10.6 Å². The third-order valence-corrected chi connectivity index (χ3v) is 7.11. The number of ether oxygens (including phenoxy) is 2. The molecule has 2 aromatic rings. The number of carbonyl (C=O) groups is 1. The first-order chi connectivity index (χ1) is 14.9. The first-order valence-electron chi connectivity index (χ1n) is 10.3. The van der Waals surface area contributed by atoms with Crippen LogP contribution in [-0.4, -0.2) is 52.5 Å². The van der Waals surface area contributed by atoms with Crippen LogP contribution >= 0.6 is 0 Å². The molecule has 1 heterocycles. The number of hydrogen-bond donors (Lipinski definition) is 2. The van der Waals surface area contributed by atoms with Crippen LogP contribution in [0, 0.1) is 0 Å². The quantitative estimate of drug-likeness (QED) is 0.644. The van der Waals surface area contributed by atoms with Crippen LogP contribution < -0.4 is 20.1 Å². The van der Waals surface area contributed by atoms with E-state index in [4.69, 9.17) is 9.47 Å². The number of sulfonamides is 1. The molecule has 3 rings (SSSR count). The van der Waals surface area contributed by atoms with Gasteiger partial charge in [0, 0.05) is 24.8 Å². The highest BCUT2D eigenvalue weighted by Crippen LogP contribution is 2.29. The third kappa shape index (κ3) is 5.89. The first kappa shape index (κ1) is 22.9. The van der Waals surface area contributed by atoms with Crippen molar-refractivity contribution in [3.8, 4) is 11.5 Å². The van der Waals surface area contributed by atoms with E-state index in [-0.39, 0.29) is 17.3 Å². The molecular formula is C22H29N3O5S. The van der Waals surface area contributed by atoms with Gasteiger partial charge >= 0.3 is 0 Å². The van der Waals surface area contributed by atoms with Crippen LogP contribution in [0.4, 0.5) is 11.4 Å². The second kappa shape index (κ2) is 10.5. The Balaban J connectivity index is 1.58. The number of methoxy groups -OCH3 is 2. The molecule has 8 nitrogen and oxygen atoms in total. The van der Waals surface area contributed by atoms with Gasteiger partial charge in [-0.3, -0.25) is 4.79 Å². The lowest BCUT2D eigenvalue weighted by atomic mass is 10.2. The summed E-state index contributed by atoms with van der Waals surface area (Å²) in [6.45, 7) is 1.15. The molecule has 0 aromatic heterocycles. The fourth-order valence-corrected chi connectivity index (χ4v) is 4.97. The second-order valence-corrected chi connectivity index (χ2v) is 9.25. The van der Waals surface area contributed by atoms with E-state index in [0.717, 1.165) is 25.7 Å². The number of nitrogens with one attached hydrogen (secondary N) is 2. The molecule has 1 aliphatic heterocycles. The van der Waals surface area contributed by atoms with E-state index in [0.29, 0.717) is 36.0 Å². The van der Waals surface area contributed by atoms with Gasteiger partial charge in [0.15, 0.2) is 0 Å². The summed E-state index contributed by atoms with van der Waals surface area (Å²) in [5.74, 6) is 0.865. The zero-order valence-electron chi connectivity index (χ0n) is 17.9. The van der Waals surface area contributed by atoms with Crippen LogP contribution in [0.2, 0.25) is 0 Å². The van der Waals surface area contributed by atoms with Crippen molar-refractivity contribution in [3.05, 3.63) is 42.5 Å². The summed E-state index contributed by atoms with van der Waals surface area (Å²) in [7, 11) is -0.411. The summed E-state index contributed by atoms with van der Waals surface area (Å²) in [6.07, 6.45) is 3.93. The molecule has 0 atom stereocenters. The van der Waals surface area contributed by atoms with Gasteiger partial charge in [-0.25, -0.2) is 8.42 Å². The van der Waals surface area contributed by atoms with Crippen LogP contribution in [0.25, 0.3) is 0 Å². The summed E-state index contributed by atoms with van der Waals surface area (Å²) in [5, 5.41) is 5.79. The highest BCUT2D eigenvalue weighted by Gasteiger charge is 2.24. The van der Waals surface area contributed by atoms with Crippen molar-refractivity contribution < 1.29 is 22.7 Å². The number of carbonyl (C=O) groups excluding carboxylic acids is 1. The van der Waals surface area contributed by atoms with Crippen molar-refractivity contribution in [3.63, 3.8) is 0 Å². The normalized spacial score (nSPS) is 15.0. The molecule has 1 saturated heterocycles. The smallest absolute Gasteiger partial charge is 0.243 e. The van der Waals surface area contributed by atoms with Gasteiger partial charge in [-0.2, -0.15) is 4.31 Å². The SMILES string of the molecule is COc1ccc(NC(=O)CNc2ccc(S(=O)(=O)N3CCCCCC3)cc2)c(OC)c1. The lowest BCUT2D eigenvalue weighted by Gasteiger charge is -2.20. The van der Waals surface area contributed by atoms with Crippen LogP contribution in [0.1, 0.15) is 25.7 Å². The van der Waals surface area contributed by atoms with E-state index in [1.807, 2.05) is 0 Å². The number of nitrogens with zero attached hydrogens (tertiary/aromatic N) is 1. The Morgan fingerprint density at radius 2 is 1.65 bits per heavy atom. The van der Waals surface area contributed by atoms with E-state index in [1.165, 1.54) is 7.11 Å². The van der Waals surface area contributed by atoms with Gasteiger partial charge < -0.3 is 20.1 Å². The van der Waals surface area contributed by atoms with Crippen LogP contribution in [0.15, 0.2) is 47.4 Å². The maximum atomic E-state index is 12.8. The Kier molecular flexibility index (Phi) is 7.75. The average Bonchev–Trinajstić information content (AvgIpc) is 3.08. The molecule has 0 spiro atoms. The molecule has 0 radical (unpaired) electrons. The van der Waals surface area contributed by atoms with E-state index in [1.54, 1.807) is 53.9 Å². The lowest BCUT2D eigenvalue weighted by molar-refractivity contribution is -0.114. The number of hydrogen-bond acceptors (Lipinski definition) is 6. The lowest BCUT2D eigenvalue weighted by Crippen LogP contribution is -2.31. The third-order valence-electron chi connectivity index (χ3n) is 5.19. The molecular weight excluding hydrogens is 418 g/mol. The molecule has 2 aromatic carbocycles. The van der Waals surface area contributed by atoms with Gasteiger partial charge in [0.1, 0.15) is 11.5 Å². The molecule has 1 aliphatic rings. The fraction of sp³-hybridized carbons (Fsp3) is 0.409. The zero-order valence-corrected chi connectivity index (χ0v) is 18.7. The maximum Gasteiger partial charge on any atom is 0.243 e. The van der Waals surface area contributed by atoms with Crippen molar-refractivity contribution >= 4 is 27.3 Å². The molecule has 9 heteroatoms. The number of benzene rings is 2. The van der Waals surface area contributed by atoms with Crippen molar-refractivity contribution in [2.24, 2.45) is 0 Å². The number of anilines is 2. The van der Waals surface area contributed by atoms with Crippen LogP contribution in [-0.2, 0) is 14.8 Å². The zero-order chi connectivity index (χ0) is 22.3. The summed E-state index contributed by atoms with van der Waals surface area (Å²) in [5.41, 5.74) is 1.20. The van der Waals surface area contributed by atoms with Crippen LogP contribution in [0.3, 0.4) is 0 Å². The minimum atomic E-state index is -3.49.